The first-order valence-corrected chi connectivity index (χ1v) is 13.5. The third kappa shape index (κ3) is 6.22. The molecule has 0 radical (unpaired) electrons. The van der Waals surface area contributed by atoms with Crippen molar-refractivity contribution in [3.63, 3.8) is 0 Å². The van der Waals surface area contributed by atoms with E-state index in [-0.39, 0.29) is 17.7 Å². The van der Waals surface area contributed by atoms with E-state index in [0.29, 0.717) is 49.7 Å². The minimum Gasteiger partial charge on any atom is -0.378 e. The summed E-state index contributed by atoms with van der Waals surface area (Å²) in [6, 6.07) is 15.9. The molecule has 1 aliphatic rings. The Morgan fingerprint density at radius 1 is 1.00 bits per heavy atom. The van der Waals surface area contributed by atoms with Gasteiger partial charge >= 0.3 is 0 Å². The zero-order chi connectivity index (χ0) is 29.1. The normalized spacial score (nSPS) is 14.4. The fraction of sp³-hybridized carbons (Fsp3) is 0.379. The lowest BCUT2D eigenvalue weighted by molar-refractivity contribution is -0.130. The molecule has 0 aliphatic carbocycles. The van der Waals surface area contributed by atoms with Gasteiger partial charge in [0.15, 0.2) is 5.82 Å². The molecule has 0 bridgehead atoms. The number of aromatic nitrogens is 4. The zero-order valence-electron chi connectivity index (χ0n) is 23.6. The van der Waals surface area contributed by atoms with Crippen molar-refractivity contribution in [3.05, 3.63) is 66.0 Å². The van der Waals surface area contributed by atoms with Crippen molar-refractivity contribution in [2.45, 2.75) is 25.9 Å². The van der Waals surface area contributed by atoms with E-state index in [1.807, 2.05) is 48.2 Å². The van der Waals surface area contributed by atoms with E-state index < -0.39 is 18.3 Å². The van der Waals surface area contributed by atoms with Crippen LogP contribution in [0.15, 0.2) is 54.6 Å². The molecular weight excluding hydrogens is 530 g/mol. The highest BCUT2D eigenvalue weighted by Gasteiger charge is 2.25. The van der Waals surface area contributed by atoms with Crippen molar-refractivity contribution in [1.82, 2.24) is 24.4 Å². The van der Waals surface area contributed by atoms with Crippen LogP contribution in [-0.2, 0) is 16.1 Å². The van der Waals surface area contributed by atoms with Crippen LogP contribution in [0.5, 0.6) is 0 Å². The first kappa shape index (κ1) is 28.2. The number of likely N-dealkylation sites (N-methyl/N-ethyl adjacent to an activating group) is 1. The van der Waals surface area contributed by atoms with Crippen molar-refractivity contribution in [3.8, 4) is 5.82 Å². The number of hydrogen-bond acceptors (Lipinski definition) is 8. The molecule has 10 nitrogen and oxygen atoms in total. The van der Waals surface area contributed by atoms with Gasteiger partial charge < -0.3 is 24.8 Å². The lowest BCUT2D eigenvalue weighted by Crippen LogP contribution is -2.39. The van der Waals surface area contributed by atoms with Crippen molar-refractivity contribution in [1.29, 1.82) is 0 Å². The molecule has 12 heteroatoms. The predicted molar refractivity (Wildman–Crippen MR) is 155 cm³/mol. The second-order valence-corrected chi connectivity index (χ2v) is 10.2. The van der Waals surface area contributed by atoms with Gasteiger partial charge in [0.2, 0.25) is 11.9 Å². The standard InChI is InChI=1S/C29H34F2N8O2/c1-19(28(40)37(4)18-20-9-11-21(12-10-20)36(2)3)32-29-34-24(38-13-15-41-16-14-38)17-25(35-29)39-23-8-6-5-7-22(23)33-27(39)26(30)31/h5-12,17,19,26H,13-16,18H2,1-4H3,(H,32,34,35)/t19-/m0/s1. The predicted octanol–water partition coefficient (Wildman–Crippen LogP) is 4.11. The maximum absolute atomic E-state index is 14.1. The Balaban J connectivity index is 1.44. The molecule has 1 aliphatic heterocycles. The number of carbonyl (C=O) groups excluding carboxylic acids is 1. The van der Waals surface area contributed by atoms with E-state index in [9.17, 15) is 13.6 Å². The summed E-state index contributed by atoms with van der Waals surface area (Å²) < 4.78 is 35.1. The molecule has 41 heavy (non-hydrogen) atoms. The van der Waals surface area contributed by atoms with Crippen LogP contribution in [0, 0.1) is 0 Å². The number of anilines is 3. The second-order valence-electron chi connectivity index (χ2n) is 10.2. The van der Waals surface area contributed by atoms with E-state index in [2.05, 4.69) is 20.3 Å². The molecule has 1 saturated heterocycles. The molecule has 5 rings (SSSR count). The monoisotopic (exact) mass is 564 g/mol. The Kier molecular flexibility index (Phi) is 8.29. The van der Waals surface area contributed by atoms with Crippen LogP contribution < -0.4 is 15.1 Å². The quantitative estimate of drug-likeness (QED) is 0.325. The smallest absolute Gasteiger partial charge is 0.296 e. The average molecular weight is 565 g/mol. The van der Waals surface area contributed by atoms with Gasteiger partial charge in [-0.1, -0.05) is 24.3 Å². The number of fused-ring (bicyclic) bond motifs is 1. The van der Waals surface area contributed by atoms with E-state index >= 15 is 0 Å². The van der Waals surface area contributed by atoms with Gasteiger partial charge in [-0.05, 0) is 36.8 Å². The number of amides is 1. The average Bonchev–Trinajstić information content (AvgIpc) is 3.37. The summed E-state index contributed by atoms with van der Waals surface area (Å²) in [5.74, 6) is 0.374. The molecular formula is C29H34F2N8O2. The summed E-state index contributed by atoms with van der Waals surface area (Å²) in [6.45, 7) is 4.38. The Hall–Kier alpha value is -4.32. The number of carbonyl (C=O) groups is 1. The van der Waals surface area contributed by atoms with E-state index in [0.717, 1.165) is 11.3 Å². The zero-order valence-corrected chi connectivity index (χ0v) is 23.6. The van der Waals surface area contributed by atoms with Gasteiger partial charge in [0, 0.05) is 52.5 Å². The first-order valence-electron chi connectivity index (χ1n) is 13.5. The number of halogens is 2. The summed E-state index contributed by atoms with van der Waals surface area (Å²) in [7, 11) is 5.69. The van der Waals surface area contributed by atoms with Crippen LogP contribution in [0.1, 0.15) is 24.7 Å². The van der Waals surface area contributed by atoms with Crippen LogP contribution in [-0.4, -0.2) is 83.8 Å². The summed E-state index contributed by atoms with van der Waals surface area (Å²) in [5.41, 5.74) is 3.02. The van der Waals surface area contributed by atoms with Crippen LogP contribution in [0.25, 0.3) is 16.9 Å². The van der Waals surface area contributed by atoms with Gasteiger partial charge in [0.05, 0.1) is 24.2 Å². The highest BCUT2D eigenvalue weighted by Crippen LogP contribution is 2.29. The largest absolute Gasteiger partial charge is 0.378 e. The summed E-state index contributed by atoms with van der Waals surface area (Å²) in [6.07, 6.45) is -2.82. The third-order valence-electron chi connectivity index (χ3n) is 7.01. The molecule has 2 aromatic heterocycles. The van der Waals surface area contributed by atoms with Crippen LogP contribution in [0.3, 0.4) is 0 Å². The Labute approximate surface area is 237 Å². The molecule has 216 valence electrons. The molecule has 4 aromatic rings. The molecule has 1 amide bonds. The fourth-order valence-electron chi connectivity index (χ4n) is 4.82. The Morgan fingerprint density at radius 3 is 2.37 bits per heavy atom. The van der Waals surface area contributed by atoms with E-state index in [1.165, 1.54) is 4.57 Å². The Morgan fingerprint density at radius 2 is 1.68 bits per heavy atom. The van der Waals surface area contributed by atoms with Crippen molar-refractivity contribution < 1.29 is 18.3 Å². The van der Waals surface area contributed by atoms with Gasteiger partial charge in [-0.3, -0.25) is 9.36 Å². The van der Waals surface area contributed by atoms with Gasteiger partial charge in [-0.25, -0.2) is 13.8 Å². The number of imidazole rings is 1. The van der Waals surface area contributed by atoms with Crippen LogP contribution in [0.4, 0.5) is 26.2 Å². The number of morpholine rings is 1. The number of rotatable bonds is 9. The van der Waals surface area contributed by atoms with Gasteiger partial charge in [-0.15, -0.1) is 0 Å². The maximum atomic E-state index is 14.1. The highest BCUT2D eigenvalue weighted by atomic mass is 19.3. The summed E-state index contributed by atoms with van der Waals surface area (Å²) >= 11 is 0. The van der Waals surface area contributed by atoms with Gasteiger partial charge in [0.1, 0.15) is 17.7 Å². The van der Waals surface area contributed by atoms with Crippen LogP contribution in [0.2, 0.25) is 0 Å². The minimum absolute atomic E-state index is 0.159. The summed E-state index contributed by atoms with van der Waals surface area (Å²) in [5, 5.41) is 3.11. The number of ether oxygens (including phenoxy) is 1. The molecule has 0 saturated carbocycles. The number of para-hydroxylation sites is 2. The highest BCUT2D eigenvalue weighted by molar-refractivity contribution is 5.84. The number of benzene rings is 2. The summed E-state index contributed by atoms with van der Waals surface area (Å²) in [4.78, 5) is 32.4. The van der Waals surface area contributed by atoms with Crippen molar-refractivity contribution >= 4 is 34.4 Å². The topological polar surface area (TPSA) is 91.6 Å². The number of hydrogen-bond donors (Lipinski definition) is 1. The third-order valence-corrected chi connectivity index (χ3v) is 7.01. The SMILES string of the molecule is C[C@H](Nc1nc(N2CCOCC2)cc(-n2c(C(F)F)nc3ccccc32)n1)C(=O)N(C)Cc1ccc(N(C)C)cc1. The van der Waals surface area contributed by atoms with Gasteiger partial charge in [0.25, 0.3) is 6.43 Å². The lowest BCUT2D eigenvalue weighted by atomic mass is 10.2. The second kappa shape index (κ2) is 12.0. The Bertz CT molecular complexity index is 1500. The van der Waals surface area contributed by atoms with E-state index in [1.54, 1.807) is 49.2 Å². The lowest BCUT2D eigenvalue weighted by Gasteiger charge is -2.29. The molecule has 1 fully saturated rings. The first-order chi connectivity index (χ1) is 19.7. The van der Waals surface area contributed by atoms with Crippen molar-refractivity contribution in [2.24, 2.45) is 0 Å². The van der Waals surface area contributed by atoms with Crippen molar-refractivity contribution in [2.75, 3.05) is 62.6 Å². The molecule has 3 heterocycles. The number of nitrogens with zero attached hydrogens (tertiary/aromatic N) is 7. The fourth-order valence-corrected chi connectivity index (χ4v) is 4.82. The molecule has 0 unspecified atom stereocenters. The van der Waals surface area contributed by atoms with Gasteiger partial charge in [-0.2, -0.15) is 9.97 Å². The maximum Gasteiger partial charge on any atom is 0.296 e. The molecule has 1 N–H and O–H groups in total. The number of alkyl halides is 2. The minimum atomic E-state index is -2.82. The molecule has 2 aromatic carbocycles. The van der Waals surface area contributed by atoms with E-state index in [4.69, 9.17) is 4.74 Å². The number of nitrogens with one attached hydrogen (secondary N) is 1. The molecule has 0 spiro atoms. The molecule has 1 atom stereocenters. The van der Waals surface area contributed by atoms with Crippen LogP contribution >= 0.6 is 0 Å².